The van der Waals surface area contributed by atoms with E-state index in [1.54, 1.807) is 13.8 Å². The third-order valence-electron chi connectivity index (χ3n) is 2.44. The van der Waals surface area contributed by atoms with Crippen LogP contribution in [0.1, 0.15) is 31.7 Å². The van der Waals surface area contributed by atoms with E-state index in [1.165, 1.54) is 0 Å². The largest absolute Gasteiger partial charge is 0.394 e. The van der Waals surface area contributed by atoms with Gasteiger partial charge in [-0.1, -0.05) is 25.4 Å². The number of nitrogens with two attached hydrogens (primary N) is 1. The third kappa shape index (κ3) is 1.91. The van der Waals surface area contributed by atoms with E-state index in [0.29, 0.717) is 6.42 Å². The number of rotatable bonds is 2. The zero-order valence-electron chi connectivity index (χ0n) is 8.37. The van der Waals surface area contributed by atoms with Crippen LogP contribution in [0.4, 0.5) is 18.9 Å². The van der Waals surface area contributed by atoms with Gasteiger partial charge in [-0.05, 0) is 12.3 Å². The molecule has 1 unspecified atom stereocenters. The second kappa shape index (κ2) is 4.31. The van der Waals surface area contributed by atoms with Gasteiger partial charge < -0.3 is 5.73 Å². The maximum Gasteiger partial charge on any atom is 0.186 e. The second-order valence-electron chi connectivity index (χ2n) is 3.39. The Balaban J connectivity index is 3.52. The first kappa shape index (κ1) is 12.2. The molecule has 0 aliphatic carbocycles. The average Bonchev–Trinajstić information content (AvgIpc) is 2.23. The van der Waals surface area contributed by atoms with Crippen LogP contribution in [0, 0.1) is 17.5 Å². The van der Waals surface area contributed by atoms with E-state index in [4.69, 9.17) is 17.3 Å². The Bertz CT molecular complexity index is 364. The molecule has 15 heavy (non-hydrogen) atoms. The first-order chi connectivity index (χ1) is 6.91. The van der Waals surface area contributed by atoms with Crippen LogP contribution in [0.2, 0.25) is 5.02 Å². The molecule has 0 fully saturated rings. The number of halogens is 4. The Morgan fingerprint density at radius 3 is 2.20 bits per heavy atom. The Hall–Kier alpha value is -0.900. The smallest absolute Gasteiger partial charge is 0.186 e. The lowest BCUT2D eigenvalue weighted by atomic mass is 9.97. The number of nitrogen functional groups attached to an aromatic ring is 1. The van der Waals surface area contributed by atoms with Gasteiger partial charge in [-0.2, -0.15) is 0 Å². The molecule has 1 aromatic rings. The van der Waals surface area contributed by atoms with Gasteiger partial charge in [0.05, 0.1) is 5.02 Å². The van der Waals surface area contributed by atoms with E-state index < -0.39 is 28.2 Å². The quantitative estimate of drug-likeness (QED) is 0.472. The minimum Gasteiger partial charge on any atom is -0.394 e. The van der Waals surface area contributed by atoms with Crippen molar-refractivity contribution in [3.05, 3.63) is 28.0 Å². The Morgan fingerprint density at radius 1 is 1.20 bits per heavy atom. The van der Waals surface area contributed by atoms with Crippen molar-refractivity contribution in [1.29, 1.82) is 0 Å². The Labute approximate surface area is 91.0 Å². The lowest BCUT2D eigenvalue weighted by molar-refractivity contribution is 0.491. The maximum absolute atomic E-state index is 13.5. The summed E-state index contributed by atoms with van der Waals surface area (Å²) in [5.41, 5.74) is 4.22. The van der Waals surface area contributed by atoms with E-state index in [9.17, 15) is 13.2 Å². The number of hydrogen-bond acceptors (Lipinski definition) is 1. The highest BCUT2D eigenvalue weighted by Gasteiger charge is 2.24. The molecule has 84 valence electrons. The molecule has 2 N–H and O–H groups in total. The van der Waals surface area contributed by atoms with Gasteiger partial charge >= 0.3 is 0 Å². The standard InChI is InChI=1S/C10H11ClF3N/c1-3-4(2)5-6(11)8(13)9(14)10(15)7(5)12/h4H,3,15H2,1-2H3. The van der Waals surface area contributed by atoms with Gasteiger partial charge in [-0.15, -0.1) is 0 Å². The molecule has 0 amide bonds. The van der Waals surface area contributed by atoms with Crippen LogP contribution in [0.25, 0.3) is 0 Å². The summed E-state index contributed by atoms with van der Waals surface area (Å²) in [5, 5.41) is -0.520. The Morgan fingerprint density at radius 2 is 1.73 bits per heavy atom. The molecule has 0 aliphatic heterocycles. The van der Waals surface area contributed by atoms with Crippen molar-refractivity contribution in [1.82, 2.24) is 0 Å². The number of anilines is 1. The summed E-state index contributed by atoms with van der Waals surface area (Å²) in [5.74, 6) is -3.99. The van der Waals surface area contributed by atoms with Crippen LogP contribution in [0.5, 0.6) is 0 Å². The van der Waals surface area contributed by atoms with Crippen LogP contribution in [-0.4, -0.2) is 0 Å². The summed E-state index contributed by atoms with van der Waals surface area (Å²) >= 11 is 5.54. The van der Waals surface area contributed by atoms with Gasteiger partial charge in [0, 0.05) is 5.56 Å². The van der Waals surface area contributed by atoms with Crippen molar-refractivity contribution in [3.63, 3.8) is 0 Å². The zero-order valence-corrected chi connectivity index (χ0v) is 9.13. The molecule has 0 spiro atoms. The molecular formula is C10H11ClF3N. The summed E-state index contributed by atoms with van der Waals surface area (Å²) < 4.78 is 39.7. The SMILES string of the molecule is CCC(C)c1c(F)c(N)c(F)c(F)c1Cl. The van der Waals surface area contributed by atoms with E-state index in [0.717, 1.165) is 0 Å². The topological polar surface area (TPSA) is 26.0 Å². The average molecular weight is 238 g/mol. The molecule has 0 radical (unpaired) electrons. The minimum atomic E-state index is -1.43. The molecule has 0 bridgehead atoms. The first-order valence-electron chi connectivity index (χ1n) is 4.53. The van der Waals surface area contributed by atoms with Crippen molar-refractivity contribution in [3.8, 4) is 0 Å². The third-order valence-corrected chi connectivity index (χ3v) is 2.81. The van der Waals surface area contributed by atoms with Crippen LogP contribution in [-0.2, 0) is 0 Å². The lowest BCUT2D eigenvalue weighted by Gasteiger charge is -2.15. The van der Waals surface area contributed by atoms with E-state index >= 15 is 0 Å². The van der Waals surface area contributed by atoms with E-state index in [-0.39, 0.29) is 11.5 Å². The van der Waals surface area contributed by atoms with Crippen molar-refractivity contribution in [2.75, 3.05) is 5.73 Å². The van der Waals surface area contributed by atoms with E-state index in [2.05, 4.69) is 0 Å². The molecule has 0 aromatic heterocycles. The van der Waals surface area contributed by atoms with Crippen LogP contribution in [0.3, 0.4) is 0 Å². The van der Waals surface area contributed by atoms with E-state index in [1.807, 2.05) is 0 Å². The zero-order chi connectivity index (χ0) is 11.7. The Kier molecular flexibility index (Phi) is 3.50. The molecule has 5 heteroatoms. The predicted octanol–water partition coefficient (Wildman–Crippen LogP) is 3.85. The molecule has 1 aromatic carbocycles. The summed E-state index contributed by atoms with van der Waals surface area (Å²) in [4.78, 5) is 0. The lowest BCUT2D eigenvalue weighted by Crippen LogP contribution is -2.07. The molecule has 1 rings (SSSR count). The fraction of sp³-hybridized carbons (Fsp3) is 0.400. The summed E-state index contributed by atoms with van der Waals surface area (Å²) in [6.07, 6.45) is 0.557. The van der Waals surface area contributed by atoms with Gasteiger partial charge in [0.1, 0.15) is 5.69 Å². The van der Waals surface area contributed by atoms with Crippen LogP contribution in [0.15, 0.2) is 0 Å². The van der Waals surface area contributed by atoms with Crippen LogP contribution < -0.4 is 5.73 Å². The van der Waals surface area contributed by atoms with Crippen molar-refractivity contribution < 1.29 is 13.2 Å². The predicted molar refractivity (Wildman–Crippen MR) is 54.4 cm³/mol. The first-order valence-corrected chi connectivity index (χ1v) is 4.90. The minimum absolute atomic E-state index is 0.0597. The fourth-order valence-electron chi connectivity index (χ4n) is 1.31. The molecule has 0 saturated carbocycles. The molecule has 1 nitrogen and oxygen atoms in total. The van der Waals surface area contributed by atoms with Gasteiger partial charge in [0.15, 0.2) is 17.5 Å². The summed E-state index contributed by atoms with van der Waals surface area (Å²) in [6.45, 7) is 3.46. The second-order valence-corrected chi connectivity index (χ2v) is 3.77. The van der Waals surface area contributed by atoms with Gasteiger partial charge in [-0.25, -0.2) is 13.2 Å². The van der Waals surface area contributed by atoms with Crippen LogP contribution >= 0.6 is 11.6 Å². The summed E-state index contributed by atoms with van der Waals surface area (Å²) in [7, 11) is 0. The molecule has 1 atom stereocenters. The monoisotopic (exact) mass is 237 g/mol. The fourth-order valence-corrected chi connectivity index (χ4v) is 1.66. The maximum atomic E-state index is 13.5. The highest BCUT2D eigenvalue weighted by atomic mass is 35.5. The van der Waals surface area contributed by atoms with Crippen molar-refractivity contribution >= 4 is 17.3 Å². The van der Waals surface area contributed by atoms with Gasteiger partial charge in [-0.3, -0.25) is 0 Å². The van der Waals surface area contributed by atoms with Crippen molar-refractivity contribution in [2.24, 2.45) is 0 Å². The molecule has 0 aliphatic rings. The molecular weight excluding hydrogens is 227 g/mol. The highest BCUT2D eigenvalue weighted by Crippen LogP contribution is 2.36. The highest BCUT2D eigenvalue weighted by molar-refractivity contribution is 6.31. The van der Waals surface area contributed by atoms with Gasteiger partial charge in [0.2, 0.25) is 0 Å². The normalized spacial score (nSPS) is 12.9. The van der Waals surface area contributed by atoms with Gasteiger partial charge in [0.25, 0.3) is 0 Å². The molecule has 0 saturated heterocycles. The molecule has 0 heterocycles. The summed E-state index contributed by atoms with van der Waals surface area (Å²) in [6, 6.07) is 0. The van der Waals surface area contributed by atoms with Crippen molar-refractivity contribution in [2.45, 2.75) is 26.2 Å². The number of benzene rings is 1. The number of hydrogen-bond donors (Lipinski definition) is 1.